The summed E-state index contributed by atoms with van der Waals surface area (Å²) in [4.78, 5) is 15.6. The van der Waals surface area contributed by atoms with Crippen molar-refractivity contribution < 1.29 is 4.92 Å². The van der Waals surface area contributed by atoms with Gasteiger partial charge in [0.25, 0.3) is 5.69 Å². The number of aromatic nitrogens is 2. The molecule has 0 N–H and O–H groups in total. The second-order valence-corrected chi connectivity index (χ2v) is 5.27. The summed E-state index contributed by atoms with van der Waals surface area (Å²) in [5.41, 5.74) is 0.112. The number of nitrogens with zero attached hydrogens (tertiary/aromatic N) is 3. The monoisotopic (exact) mass is 277 g/mol. The number of nitro benzene ring substituents is 1. The molecule has 1 aromatic carbocycles. The zero-order valence-electron chi connectivity index (χ0n) is 10.9. The van der Waals surface area contributed by atoms with Gasteiger partial charge in [-0.3, -0.25) is 10.1 Å². The Morgan fingerprint density at radius 1 is 1.47 bits per heavy atom. The van der Waals surface area contributed by atoms with E-state index in [1.165, 1.54) is 17.8 Å². The molecule has 0 aliphatic carbocycles. The van der Waals surface area contributed by atoms with E-state index in [-0.39, 0.29) is 10.6 Å². The van der Waals surface area contributed by atoms with E-state index >= 15 is 0 Å². The molecule has 6 heteroatoms. The zero-order valence-corrected chi connectivity index (χ0v) is 11.7. The molecule has 100 valence electrons. The van der Waals surface area contributed by atoms with E-state index in [2.05, 4.69) is 11.9 Å². The van der Waals surface area contributed by atoms with E-state index in [4.69, 9.17) is 0 Å². The van der Waals surface area contributed by atoms with Gasteiger partial charge in [0.1, 0.15) is 5.82 Å². The van der Waals surface area contributed by atoms with Crippen LogP contribution in [0.2, 0.25) is 0 Å². The highest BCUT2D eigenvalue weighted by Crippen LogP contribution is 2.30. The summed E-state index contributed by atoms with van der Waals surface area (Å²) in [6.45, 7) is 2.11. The van der Waals surface area contributed by atoms with Crippen LogP contribution in [0.1, 0.15) is 19.2 Å². The van der Waals surface area contributed by atoms with Crippen molar-refractivity contribution in [3.8, 4) is 0 Å². The number of nitro groups is 1. The predicted octanol–water partition coefficient (Wildman–Crippen LogP) is 3.43. The van der Waals surface area contributed by atoms with Crippen LogP contribution >= 0.6 is 11.8 Å². The van der Waals surface area contributed by atoms with Gasteiger partial charge in [0, 0.05) is 30.5 Å². The number of rotatable bonds is 5. The standard InChI is InChI=1S/C13H15N3O2S/c1-3-5-12-14-9-13(15(12)2)19-11-7-4-6-10(8-11)16(17)18/h4,6-9H,3,5H2,1-2H3. The van der Waals surface area contributed by atoms with Crippen molar-refractivity contribution in [3.05, 3.63) is 46.4 Å². The van der Waals surface area contributed by atoms with Crippen molar-refractivity contribution in [2.24, 2.45) is 7.05 Å². The van der Waals surface area contributed by atoms with Crippen LogP contribution in [0.3, 0.4) is 0 Å². The summed E-state index contributed by atoms with van der Waals surface area (Å²) >= 11 is 1.49. The highest BCUT2D eigenvalue weighted by Gasteiger charge is 2.10. The van der Waals surface area contributed by atoms with Crippen LogP contribution in [0.4, 0.5) is 5.69 Å². The van der Waals surface area contributed by atoms with Crippen LogP contribution in [-0.4, -0.2) is 14.5 Å². The molecule has 0 aliphatic rings. The molecule has 0 saturated carbocycles. The highest BCUT2D eigenvalue weighted by atomic mass is 32.2. The molecular weight excluding hydrogens is 262 g/mol. The Morgan fingerprint density at radius 2 is 2.26 bits per heavy atom. The molecule has 1 heterocycles. The Hall–Kier alpha value is -1.82. The van der Waals surface area contributed by atoms with Crippen LogP contribution in [0.25, 0.3) is 0 Å². The summed E-state index contributed by atoms with van der Waals surface area (Å²) in [6.07, 6.45) is 3.80. The van der Waals surface area contributed by atoms with Crippen molar-refractivity contribution in [2.45, 2.75) is 29.7 Å². The van der Waals surface area contributed by atoms with Gasteiger partial charge < -0.3 is 4.57 Å². The number of hydrogen-bond acceptors (Lipinski definition) is 4. The average Bonchev–Trinajstić information content (AvgIpc) is 2.72. The summed E-state index contributed by atoms with van der Waals surface area (Å²) in [7, 11) is 1.97. The summed E-state index contributed by atoms with van der Waals surface area (Å²) < 4.78 is 2.03. The normalized spacial score (nSPS) is 10.6. The zero-order chi connectivity index (χ0) is 13.8. The van der Waals surface area contributed by atoms with Crippen molar-refractivity contribution in [1.82, 2.24) is 9.55 Å². The third-order valence-electron chi connectivity index (χ3n) is 2.77. The van der Waals surface area contributed by atoms with E-state index in [1.54, 1.807) is 12.1 Å². The molecule has 0 atom stereocenters. The molecule has 2 rings (SSSR count). The van der Waals surface area contributed by atoms with Crippen LogP contribution in [0.5, 0.6) is 0 Å². The predicted molar refractivity (Wildman–Crippen MR) is 74.4 cm³/mol. The van der Waals surface area contributed by atoms with Crippen LogP contribution in [0.15, 0.2) is 40.4 Å². The molecule has 0 fully saturated rings. The SMILES string of the molecule is CCCc1ncc(Sc2cccc([N+](=O)[O-])c2)n1C. The van der Waals surface area contributed by atoms with Gasteiger partial charge in [-0.1, -0.05) is 24.8 Å². The summed E-state index contributed by atoms with van der Waals surface area (Å²) in [5.74, 6) is 1.04. The number of non-ortho nitro benzene ring substituents is 1. The molecule has 0 unspecified atom stereocenters. The third kappa shape index (κ3) is 3.14. The van der Waals surface area contributed by atoms with Crippen molar-refractivity contribution >= 4 is 17.4 Å². The van der Waals surface area contributed by atoms with Crippen molar-refractivity contribution in [1.29, 1.82) is 0 Å². The molecular formula is C13H15N3O2S. The maximum absolute atomic E-state index is 10.7. The highest BCUT2D eigenvalue weighted by molar-refractivity contribution is 7.99. The Bertz CT molecular complexity index is 595. The quantitative estimate of drug-likeness (QED) is 0.620. The number of aryl methyl sites for hydroxylation is 1. The number of imidazole rings is 1. The van der Waals surface area contributed by atoms with Gasteiger partial charge in [-0.15, -0.1) is 0 Å². The fraction of sp³-hybridized carbons (Fsp3) is 0.308. The lowest BCUT2D eigenvalue weighted by atomic mass is 10.3. The van der Waals surface area contributed by atoms with E-state index in [0.717, 1.165) is 28.6 Å². The lowest BCUT2D eigenvalue weighted by Crippen LogP contribution is -1.98. The topological polar surface area (TPSA) is 61.0 Å². The Kier molecular flexibility index (Phi) is 4.21. The first-order chi connectivity index (χ1) is 9.11. The van der Waals surface area contributed by atoms with Gasteiger partial charge in [-0.25, -0.2) is 4.98 Å². The van der Waals surface area contributed by atoms with Crippen molar-refractivity contribution in [3.63, 3.8) is 0 Å². The van der Waals surface area contributed by atoms with Gasteiger partial charge >= 0.3 is 0 Å². The third-order valence-corrected chi connectivity index (χ3v) is 3.84. The first-order valence-corrected chi connectivity index (χ1v) is 6.86. The lowest BCUT2D eigenvalue weighted by molar-refractivity contribution is -0.385. The maximum atomic E-state index is 10.7. The van der Waals surface area contributed by atoms with Gasteiger partial charge in [0.05, 0.1) is 16.1 Å². The molecule has 19 heavy (non-hydrogen) atoms. The molecule has 1 aromatic heterocycles. The second kappa shape index (κ2) is 5.88. The number of benzene rings is 1. The van der Waals surface area contributed by atoms with Crippen LogP contribution in [-0.2, 0) is 13.5 Å². The first-order valence-electron chi connectivity index (χ1n) is 6.04. The van der Waals surface area contributed by atoms with E-state index < -0.39 is 0 Å². The van der Waals surface area contributed by atoms with Gasteiger partial charge in [-0.05, 0) is 12.5 Å². The molecule has 0 amide bonds. The fourth-order valence-corrected chi connectivity index (χ4v) is 2.68. The Balaban J connectivity index is 2.21. The first kappa shape index (κ1) is 13.6. The summed E-state index contributed by atoms with van der Waals surface area (Å²) in [5, 5.41) is 11.7. The molecule has 0 radical (unpaired) electrons. The smallest absolute Gasteiger partial charge is 0.270 e. The maximum Gasteiger partial charge on any atom is 0.270 e. The van der Waals surface area contributed by atoms with E-state index in [9.17, 15) is 10.1 Å². The minimum Gasteiger partial charge on any atom is -0.326 e. The molecule has 0 aliphatic heterocycles. The van der Waals surface area contributed by atoms with E-state index in [0.29, 0.717) is 0 Å². The number of hydrogen-bond donors (Lipinski definition) is 0. The van der Waals surface area contributed by atoms with E-state index in [1.807, 2.05) is 23.9 Å². The lowest BCUT2D eigenvalue weighted by Gasteiger charge is -2.04. The van der Waals surface area contributed by atoms with Crippen LogP contribution < -0.4 is 0 Å². The largest absolute Gasteiger partial charge is 0.326 e. The Morgan fingerprint density at radius 3 is 2.95 bits per heavy atom. The van der Waals surface area contributed by atoms with Gasteiger partial charge in [-0.2, -0.15) is 0 Å². The molecule has 0 saturated heterocycles. The molecule has 5 nitrogen and oxygen atoms in total. The second-order valence-electron chi connectivity index (χ2n) is 4.18. The van der Waals surface area contributed by atoms with Crippen LogP contribution in [0, 0.1) is 10.1 Å². The summed E-state index contributed by atoms with van der Waals surface area (Å²) in [6, 6.07) is 6.64. The molecule has 0 spiro atoms. The van der Waals surface area contributed by atoms with Crippen molar-refractivity contribution in [2.75, 3.05) is 0 Å². The molecule has 2 aromatic rings. The minimum atomic E-state index is -0.379. The minimum absolute atomic E-state index is 0.112. The fourth-order valence-electron chi connectivity index (χ4n) is 1.76. The van der Waals surface area contributed by atoms with Gasteiger partial charge in [0.15, 0.2) is 0 Å². The Labute approximate surface area is 115 Å². The molecule has 0 bridgehead atoms. The average molecular weight is 277 g/mol. The van der Waals surface area contributed by atoms with Gasteiger partial charge in [0.2, 0.25) is 0 Å².